The molecule has 1 amide bonds. The van der Waals surface area contributed by atoms with Crippen LogP contribution in [0.5, 0.6) is 0 Å². The van der Waals surface area contributed by atoms with Gasteiger partial charge in [0, 0.05) is 19.2 Å². The van der Waals surface area contributed by atoms with E-state index in [-0.39, 0.29) is 34.8 Å². The molecule has 0 aliphatic carbocycles. The van der Waals surface area contributed by atoms with Crippen molar-refractivity contribution in [1.29, 1.82) is 0 Å². The van der Waals surface area contributed by atoms with Crippen molar-refractivity contribution < 1.29 is 14.8 Å². The molecule has 0 radical (unpaired) electrons. The van der Waals surface area contributed by atoms with Gasteiger partial charge in [-0.3, -0.25) is 14.9 Å². The molecule has 0 aliphatic rings. The van der Waals surface area contributed by atoms with Crippen molar-refractivity contribution in [2.45, 2.75) is 20.3 Å². The summed E-state index contributed by atoms with van der Waals surface area (Å²) in [5.41, 5.74) is -0.769. The molecule has 1 aromatic rings. The maximum Gasteiger partial charge on any atom is 0.283 e. The second kappa shape index (κ2) is 6.67. The van der Waals surface area contributed by atoms with Crippen LogP contribution < -0.4 is 5.32 Å². The second-order valence-electron chi connectivity index (χ2n) is 5.21. The van der Waals surface area contributed by atoms with Crippen LogP contribution in [0.3, 0.4) is 0 Å². The van der Waals surface area contributed by atoms with Crippen LogP contribution in [0, 0.1) is 15.5 Å². The molecule has 1 aromatic carbocycles. The molecule has 0 saturated carbocycles. The molecule has 0 fully saturated rings. The highest BCUT2D eigenvalue weighted by molar-refractivity contribution is 6.34. The van der Waals surface area contributed by atoms with E-state index in [9.17, 15) is 14.9 Å². The first kappa shape index (κ1) is 16.4. The number of nitrogens with one attached hydrogen (secondary N) is 1. The second-order valence-corrected chi connectivity index (χ2v) is 5.62. The summed E-state index contributed by atoms with van der Waals surface area (Å²) in [6, 6.07) is 4.09. The molecule has 0 saturated heterocycles. The smallest absolute Gasteiger partial charge is 0.283 e. The van der Waals surface area contributed by atoms with Gasteiger partial charge in [0.25, 0.3) is 11.6 Å². The van der Waals surface area contributed by atoms with Crippen molar-refractivity contribution in [1.82, 2.24) is 5.32 Å². The van der Waals surface area contributed by atoms with Crippen molar-refractivity contribution in [3.8, 4) is 0 Å². The highest BCUT2D eigenvalue weighted by Crippen LogP contribution is 2.26. The molecule has 0 heterocycles. The van der Waals surface area contributed by atoms with Gasteiger partial charge in [-0.25, -0.2) is 0 Å². The van der Waals surface area contributed by atoms with Crippen LogP contribution in [0.15, 0.2) is 18.2 Å². The number of aliphatic hydroxyl groups is 1. The van der Waals surface area contributed by atoms with E-state index < -0.39 is 10.8 Å². The standard InChI is InChI=1S/C13H17ClN2O4/c1-13(2,6-7-17)8-15-12(18)11-9(14)4-3-5-10(11)16(19)20/h3-5,17H,6-8H2,1-2H3,(H,15,18). The molecule has 0 atom stereocenters. The molecule has 2 N–H and O–H groups in total. The third-order valence-corrected chi connectivity index (χ3v) is 3.25. The van der Waals surface area contributed by atoms with E-state index in [0.717, 1.165) is 0 Å². The van der Waals surface area contributed by atoms with Gasteiger partial charge in [-0.2, -0.15) is 0 Å². The van der Waals surface area contributed by atoms with Gasteiger partial charge in [0.2, 0.25) is 0 Å². The summed E-state index contributed by atoms with van der Waals surface area (Å²) < 4.78 is 0. The average molecular weight is 301 g/mol. The molecule has 110 valence electrons. The average Bonchev–Trinajstić information content (AvgIpc) is 2.35. The van der Waals surface area contributed by atoms with Crippen LogP contribution in [0.25, 0.3) is 0 Å². The molecule has 0 bridgehead atoms. The number of aliphatic hydroxyl groups excluding tert-OH is 1. The summed E-state index contributed by atoms with van der Waals surface area (Å²) in [5.74, 6) is -0.590. The molecule has 6 nitrogen and oxygen atoms in total. The zero-order valence-corrected chi connectivity index (χ0v) is 12.1. The first-order chi connectivity index (χ1) is 9.28. The van der Waals surface area contributed by atoms with Crippen molar-refractivity contribution in [2.75, 3.05) is 13.2 Å². The van der Waals surface area contributed by atoms with Crippen molar-refractivity contribution in [3.63, 3.8) is 0 Å². The maximum atomic E-state index is 12.1. The quantitative estimate of drug-likeness (QED) is 0.623. The Kier molecular flexibility index (Phi) is 5.47. The number of carbonyl (C=O) groups excluding carboxylic acids is 1. The Labute approximate surface area is 121 Å². The molecular weight excluding hydrogens is 284 g/mol. The van der Waals surface area contributed by atoms with Gasteiger partial charge >= 0.3 is 0 Å². The van der Waals surface area contributed by atoms with Crippen LogP contribution in [-0.4, -0.2) is 29.1 Å². The van der Waals surface area contributed by atoms with Crippen molar-refractivity contribution in [3.05, 3.63) is 38.9 Å². The molecule has 0 aromatic heterocycles. The van der Waals surface area contributed by atoms with Crippen LogP contribution in [0.1, 0.15) is 30.6 Å². The summed E-state index contributed by atoms with van der Waals surface area (Å²) in [6.45, 7) is 4.05. The highest BCUT2D eigenvalue weighted by atomic mass is 35.5. The number of carbonyl (C=O) groups is 1. The number of nitro groups is 1. The molecule has 20 heavy (non-hydrogen) atoms. The van der Waals surface area contributed by atoms with Crippen molar-refractivity contribution in [2.24, 2.45) is 5.41 Å². The summed E-state index contributed by atoms with van der Waals surface area (Å²) >= 11 is 5.87. The Morgan fingerprint density at radius 3 is 2.70 bits per heavy atom. The van der Waals surface area contributed by atoms with E-state index in [1.807, 2.05) is 13.8 Å². The number of nitro benzene ring substituents is 1. The van der Waals surface area contributed by atoms with Gasteiger partial charge in [0.05, 0.1) is 9.95 Å². The third kappa shape index (κ3) is 4.18. The predicted molar refractivity (Wildman–Crippen MR) is 75.9 cm³/mol. The van der Waals surface area contributed by atoms with Crippen molar-refractivity contribution >= 4 is 23.2 Å². The SMILES string of the molecule is CC(C)(CCO)CNC(=O)c1c(Cl)cccc1[N+](=O)[O-]. The van der Waals surface area contributed by atoms with E-state index in [1.54, 1.807) is 0 Å². The van der Waals surface area contributed by atoms with Crippen LogP contribution in [-0.2, 0) is 0 Å². The first-order valence-corrected chi connectivity index (χ1v) is 6.48. The minimum atomic E-state index is -0.639. The van der Waals surface area contributed by atoms with Gasteiger partial charge < -0.3 is 10.4 Å². The largest absolute Gasteiger partial charge is 0.396 e. The van der Waals surface area contributed by atoms with Crippen LogP contribution >= 0.6 is 11.6 Å². The predicted octanol–water partition coefficient (Wildman–Crippen LogP) is 2.39. The Morgan fingerprint density at radius 2 is 2.15 bits per heavy atom. The zero-order valence-electron chi connectivity index (χ0n) is 11.4. The molecular formula is C13H17ClN2O4. The van der Waals surface area contributed by atoms with E-state index in [0.29, 0.717) is 6.42 Å². The monoisotopic (exact) mass is 300 g/mol. The minimum Gasteiger partial charge on any atom is -0.396 e. The summed E-state index contributed by atoms with van der Waals surface area (Å²) in [4.78, 5) is 22.4. The molecule has 0 unspecified atom stereocenters. The lowest BCUT2D eigenvalue weighted by atomic mass is 9.89. The van der Waals surface area contributed by atoms with Gasteiger partial charge in [-0.1, -0.05) is 31.5 Å². The third-order valence-electron chi connectivity index (χ3n) is 2.93. The van der Waals surface area contributed by atoms with Gasteiger partial charge in [0.1, 0.15) is 5.56 Å². The van der Waals surface area contributed by atoms with E-state index in [2.05, 4.69) is 5.32 Å². The highest BCUT2D eigenvalue weighted by Gasteiger charge is 2.25. The number of amides is 1. The lowest BCUT2D eigenvalue weighted by Gasteiger charge is -2.23. The van der Waals surface area contributed by atoms with Gasteiger partial charge in [0.15, 0.2) is 0 Å². The fraction of sp³-hybridized carbons (Fsp3) is 0.462. The Hall–Kier alpha value is -1.66. The Morgan fingerprint density at radius 1 is 1.50 bits per heavy atom. The summed E-state index contributed by atoms with van der Waals surface area (Å²) in [7, 11) is 0. The van der Waals surface area contributed by atoms with Crippen LogP contribution in [0.4, 0.5) is 5.69 Å². The number of benzene rings is 1. The molecule has 1 rings (SSSR count). The van der Waals surface area contributed by atoms with E-state index >= 15 is 0 Å². The van der Waals surface area contributed by atoms with E-state index in [4.69, 9.17) is 16.7 Å². The van der Waals surface area contributed by atoms with Gasteiger partial charge in [-0.15, -0.1) is 0 Å². The van der Waals surface area contributed by atoms with E-state index in [1.165, 1.54) is 18.2 Å². The molecule has 0 spiro atoms. The normalized spacial score (nSPS) is 11.2. The van der Waals surface area contributed by atoms with Gasteiger partial charge in [-0.05, 0) is 17.9 Å². The summed E-state index contributed by atoms with van der Waals surface area (Å²) in [6.07, 6.45) is 0.512. The lowest BCUT2D eigenvalue weighted by Crippen LogP contribution is -2.35. The lowest BCUT2D eigenvalue weighted by molar-refractivity contribution is -0.385. The van der Waals surface area contributed by atoms with Crippen LogP contribution in [0.2, 0.25) is 5.02 Å². The number of hydrogen-bond donors (Lipinski definition) is 2. The number of halogens is 1. The maximum absolute atomic E-state index is 12.1. The fourth-order valence-electron chi connectivity index (χ4n) is 1.69. The Balaban J connectivity index is 2.91. The zero-order chi connectivity index (χ0) is 15.3. The minimum absolute atomic E-state index is 0.00904. The number of rotatable bonds is 6. The summed E-state index contributed by atoms with van der Waals surface area (Å²) in [5, 5.41) is 22.5. The topological polar surface area (TPSA) is 92.5 Å². The fourth-order valence-corrected chi connectivity index (χ4v) is 1.94. The number of nitrogens with zero attached hydrogens (tertiary/aromatic N) is 1. The first-order valence-electron chi connectivity index (χ1n) is 6.10. The molecule has 0 aliphatic heterocycles. The molecule has 7 heteroatoms. The number of hydrogen-bond acceptors (Lipinski definition) is 4. The Bertz CT molecular complexity index is 517.